The lowest BCUT2D eigenvalue weighted by Crippen LogP contribution is -2.17. The largest absolute Gasteiger partial charge is 0.490 e. The molecule has 6 heteroatoms. The first-order valence-electron chi connectivity index (χ1n) is 9.40. The van der Waals surface area contributed by atoms with E-state index >= 15 is 0 Å². The molecule has 3 aromatic rings. The van der Waals surface area contributed by atoms with Gasteiger partial charge in [-0.2, -0.15) is 0 Å². The van der Waals surface area contributed by atoms with Crippen molar-refractivity contribution in [2.45, 2.75) is 0 Å². The van der Waals surface area contributed by atoms with E-state index in [1.807, 2.05) is 36.4 Å². The molecule has 0 atom stereocenters. The fourth-order valence-electron chi connectivity index (χ4n) is 2.93. The van der Waals surface area contributed by atoms with Crippen LogP contribution in [0.2, 0.25) is 0 Å². The number of hydrogen-bond acceptors (Lipinski definition) is 5. The Labute approximate surface area is 169 Å². The van der Waals surface area contributed by atoms with Crippen LogP contribution in [0, 0.1) is 0 Å². The molecule has 6 nitrogen and oxygen atoms in total. The second-order valence-corrected chi connectivity index (χ2v) is 6.32. The number of amides is 1. The molecule has 0 aliphatic carbocycles. The minimum absolute atomic E-state index is 0.263. The van der Waals surface area contributed by atoms with E-state index in [0.717, 1.165) is 5.75 Å². The molecular formula is C23H21NO5. The lowest BCUT2D eigenvalue weighted by atomic mass is 10.1. The average molecular weight is 391 g/mol. The molecule has 148 valence electrons. The number of carbonyl (C=O) groups excluding carboxylic acids is 1. The highest BCUT2D eigenvalue weighted by Crippen LogP contribution is 2.33. The quantitative estimate of drug-likeness (QED) is 0.613. The topological polar surface area (TPSA) is 66.0 Å². The molecule has 0 radical (unpaired) electrons. The van der Waals surface area contributed by atoms with Crippen molar-refractivity contribution in [3.05, 3.63) is 78.4 Å². The molecule has 0 fully saturated rings. The summed E-state index contributed by atoms with van der Waals surface area (Å²) >= 11 is 0. The summed E-state index contributed by atoms with van der Waals surface area (Å²) in [5, 5.41) is 2.88. The lowest BCUT2D eigenvalue weighted by molar-refractivity contribution is 0.102. The van der Waals surface area contributed by atoms with E-state index in [4.69, 9.17) is 18.9 Å². The molecule has 3 aromatic carbocycles. The number of fused-ring (bicyclic) bond motifs is 1. The van der Waals surface area contributed by atoms with Gasteiger partial charge in [0, 0.05) is 11.8 Å². The molecule has 0 saturated heterocycles. The number of rotatable bonds is 7. The average Bonchev–Trinajstić information content (AvgIpc) is 2.77. The van der Waals surface area contributed by atoms with Crippen LogP contribution in [0.1, 0.15) is 10.4 Å². The van der Waals surface area contributed by atoms with E-state index < -0.39 is 0 Å². The summed E-state index contributed by atoms with van der Waals surface area (Å²) < 4.78 is 22.5. The van der Waals surface area contributed by atoms with Gasteiger partial charge >= 0.3 is 0 Å². The fraction of sp³-hybridized carbons (Fsp3) is 0.174. The van der Waals surface area contributed by atoms with Crippen LogP contribution in [0.4, 0.5) is 5.69 Å². The van der Waals surface area contributed by atoms with Crippen molar-refractivity contribution in [1.29, 1.82) is 0 Å². The van der Waals surface area contributed by atoms with Crippen molar-refractivity contribution in [2.75, 3.05) is 31.7 Å². The molecule has 29 heavy (non-hydrogen) atoms. The molecule has 1 amide bonds. The Balaban J connectivity index is 1.37. The highest BCUT2D eigenvalue weighted by molar-refractivity contribution is 6.06. The predicted octanol–water partition coefficient (Wildman–Crippen LogP) is 4.17. The standard InChI is InChI=1S/C23H21NO5/c25-23(24-17-10-11-21-22(16-17)29-15-14-28-21)19-8-4-5-9-20(19)27-13-12-26-18-6-2-1-3-7-18/h1-11,16H,12-15H2,(H,24,25). The van der Waals surface area contributed by atoms with Crippen LogP contribution >= 0.6 is 0 Å². The molecule has 1 heterocycles. The molecule has 0 bridgehead atoms. The minimum atomic E-state index is -0.263. The van der Waals surface area contributed by atoms with Gasteiger partial charge in [0.1, 0.15) is 37.9 Å². The van der Waals surface area contributed by atoms with Crippen molar-refractivity contribution >= 4 is 11.6 Å². The summed E-state index contributed by atoms with van der Waals surface area (Å²) in [6.07, 6.45) is 0. The molecule has 1 aliphatic rings. The summed E-state index contributed by atoms with van der Waals surface area (Å²) in [6.45, 7) is 1.72. The zero-order valence-corrected chi connectivity index (χ0v) is 15.8. The molecule has 0 spiro atoms. The number of para-hydroxylation sites is 2. The Bertz CT molecular complexity index is 974. The number of benzene rings is 3. The predicted molar refractivity (Wildman–Crippen MR) is 109 cm³/mol. The third kappa shape index (κ3) is 4.79. The molecular weight excluding hydrogens is 370 g/mol. The van der Waals surface area contributed by atoms with Gasteiger partial charge < -0.3 is 24.3 Å². The van der Waals surface area contributed by atoms with Gasteiger partial charge in [-0.25, -0.2) is 0 Å². The number of nitrogens with one attached hydrogen (secondary N) is 1. The van der Waals surface area contributed by atoms with E-state index in [9.17, 15) is 4.79 Å². The van der Waals surface area contributed by atoms with Crippen molar-refractivity contribution < 1.29 is 23.7 Å². The van der Waals surface area contributed by atoms with Crippen LogP contribution in [0.25, 0.3) is 0 Å². The third-order valence-corrected chi connectivity index (χ3v) is 4.28. The zero-order valence-electron chi connectivity index (χ0n) is 15.8. The maximum Gasteiger partial charge on any atom is 0.259 e. The van der Waals surface area contributed by atoms with Gasteiger partial charge in [0.15, 0.2) is 11.5 Å². The molecule has 1 N–H and O–H groups in total. The van der Waals surface area contributed by atoms with Gasteiger partial charge in [0.05, 0.1) is 5.56 Å². The molecule has 0 saturated carbocycles. The van der Waals surface area contributed by atoms with Gasteiger partial charge in [-0.05, 0) is 36.4 Å². The molecule has 1 aliphatic heterocycles. The Hall–Kier alpha value is -3.67. The summed E-state index contributed by atoms with van der Waals surface area (Å²) in [7, 11) is 0. The smallest absolute Gasteiger partial charge is 0.259 e. The van der Waals surface area contributed by atoms with Crippen LogP contribution < -0.4 is 24.3 Å². The van der Waals surface area contributed by atoms with E-state index in [1.165, 1.54) is 0 Å². The minimum Gasteiger partial charge on any atom is -0.490 e. The second kappa shape index (κ2) is 9.01. The highest BCUT2D eigenvalue weighted by atomic mass is 16.6. The zero-order chi connectivity index (χ0) is 19.9. The third-order valence-electron chi connectivity index (χ3n) is 4.28. The van der Waals surface area contributed by atoms with Crippen LogP contribution in [0.3, 0.4) is 0 Å². The van der Waals surface area contributed by atoms with Gasteiger partial charge in [-0.3, -0.25) is 4.79 Å². The van der Waals surface area contributed by atoms with E-state index in [1.54, 1.807) is 36.4 Å². The lowest BCUT2D eigenvalue weighted by Gasteiger charge is -2.19. The van der Waals surface area contributed by atoms with Crippen LogP contribution in [0.5, 0.6) is 23.0 Å². The van der Waals surface area contributed by atoms with Crippen LogP contribution in [-0.4, -0.2) is 32.3 Å². The summed E-state index contributed by atoms with van der Waals surface area (Å²) in [5.74, 6) is 2.31. The van der Waals surface area contributed by atoms with Crippen molar-refractivity contribution in [3.63, 3.8) is 0 Å². The Morgan fingerprint density at radius 2 is 1.55 bits per heavy atom. The highest BCUT2D eigenvalue weighted by Gasteiger charge is 2.15. The SMILES string of the molecule is O=C(Nc1ccc2c(c1)OCCO2)c1ccccc1OCCOc1ccccc1. The Kier molecular flexibility index (Phi) is 5.81. The van der Waals surface area contributed by atoms with Crippen molar-refractivity contribution in [2.24, 2.45) is 0 Å². The van der Waals surface area contributed by atoms with Gasteiger partial charge in [-0.15, -0.1) is 0 Å². The molecule has 0 aromatic heterocycles. The van der Waals surface area contributed by atoms with Crippen LogP contribution in [0.15, 0.2) is 72.8 Å². The van der Waals surface area contributed by atoms with Crippen molar-refractivity contribution in [1.82, 2.24) is 0 Å². The van der Waals surface area contributed by atoms with Gasteiger partial charge in [-0.1, -0.05) is 30.3 Å². The normalized spacial score (nSPS) is 12.1. The fourth-order valence-corrected chi connectivity index (χ4v) is 2.93. The molecule has 0 unspecified atom stereocenters. The Morgan fingerprint density at radius 1 is 0.828 bits per heavy atom. The Morgan fingerprint density at radius 3 is 2.41 bits per heavy atom. The van der Waals surface area contributed by atoms with E-state index in [2.05, 4.69) is 5.32 Å². The van der Waals surface area contributed by atoms with Gasteiger partial charge in [0.2, 0.25) is 0 Å². The maximum absolute atomic E-state index is 12.8. The van der Waals surface area contributed by atoms with Gasteiger partial charge in [0.25, 0.3) is 5.91 Å². The van der Waals surface area contributed by atoms with E-state index in [0.29, 0.717) is 54.9 Å². The number of carbonyl (C=O) groups is 1. The number of anilines is 1. The first kappa shape index (κ1) is 18.7. The number of hydrogen-bond donors (Lipinski definition) is 1. The van der Waals surface area contributed by atoms with Crippen LogP contribution in [-0.2, 0) is 0 Å². The van der Waals surface area contributed by atoms with E-state index in [-0.39, 0.29) is 5.91 Å². The first-order chi connectivity index (χ1) is 14.3. The monoisotopic (exact) mass is 391 g/mol. The summed E-state index contributed by atoms with van der Waals surface area (Å²) in [5.41, 5.74) is 1.07. The number of ether oxygens (including phenoxy) is 4. The summed E-state index contributed by atoms with van der Waals surface area (Å²) in [4.78, 5) is 12.8. The summed E-state index contributed by atoms with van der Waals surface area (Å²) in [6, 6.07) is 22.0. The van der Waals surface area contributed by atoms with Crippen molar-refractivity contribution in [3.8, 4) is 23.0 Å². The maximum atomic E-state index is 12.8. The first-order valence-corrected chi connectivity index (χ1v) is 9.40. The second-order valence-electron chi connectivity index (χ2n) is 6.32. The molecule has 4 rings (SSSR count).